The molecule has 0 aliphatic rings. The molecule has 1 aromatic carbocycles. The lowest BCUT2D eigenvalue weighted by molar-refractivity contribution is 0.313. The minimum Gasteiger partial charge on any atom is -0.491 e. The van der Waals surface area contributed by atoms with Gasteiger partial charge in [0.15, 0.2) is 11.6 Å². The van der Waals surface area contributed by atoms with Crippen molar-refractivity contribution in [2.24, 2.45) is 0 Å². The van der Waals surface area contributed by atoms with Gasteiger partial charge in [0.1, 0.15) is 0 Å². The number of halogens is 3. The van der Waals surface area contributed by atoms with E-state index in [1.165, 1.54) is 12.1 Å². The molecule has 72 valence electrons. The van der Waals surface area contributed by atoms with E-state index in [1.807, 2.05) is 22.6 Å². The second-order valence-corrected chi connectivity index (χ2v) is 3.18. The van der Waals surface area contributed by atoms with Gasteiger partial charge in [0.2, 0.25) is 5.82 Å². The maximum absolute atomic E-state index is 13.1. The van der Waals surface area contributed by atoms with E-state index in [2.05, 4.69) is 0 Å². The molecule has 1 rings (SSSR count). The normalized spacial score (nSPS) is 10.2. The van der Waals surface area contributed by atoms with E-state index in [-0.39, 0.29) is 5.75 Å². The van der Waals surface area contributed by atoms with Crippen molar-refractivity contribution in [1.29, 1.82) is 0 Å². The van der Waals surface area contributed by atoms with Crippen LogP contribution in [0.3, 0.4) is 0 Å². The zero-order valence-electron chi connectivity index (χ0n) is 7.11. The van der Waals surface area contributed by atoms with Crippen molar-refractivity contribution in [2.45, 2.75) is 11.4 Å². The minimum absolute atomic E-state index is 0.0198. The van der Waals surface area contributed by atoms with E-state index in [0.717, 1.165) is 0 Å². The topological polar surface area (TPSA) is 9.23 Å². The number of benzene rings is 1. The highest BCUT2D eigenvalue weighted by atomic mass is 127. The van der Waals surface area contributed by atoms with Gasteiger partial charge in [0.25, 0.3) is 0 Å². The molecule has 1 nitrogen and oxygen atoms in total. The Labute approximate surface area is 89.2 Å². The molecule has 0 spiro atoms. The highest BCUT2D eigenvalue weighted by molar-refractivity contribution is 14.1. The molecule has 0 aliphatic heterocycles. The maximum atomic E-state index is 13.1. The summed E-state index contributed by atoms with van der Waals surface area (Å²) >= 11 is 1.98. The molecule has 0 N–H and O–H groups in total. The van der Waals surface area contributed by atoms with Crippen LogP contribution in [0.5, 0.6) is 5.75 Å². The molecule has 0 saturated heterocycles. The third-order valence-electron chi connectivity index (χ3n) is 1.57. The highest BCUT2D eigenvalue weighted by Gasteiger charge is 2.12. The molecule has 13 heavy (non-hydrogen) atoms. The van der Waals surface area contributed by atoms with Crippen molar-refractivity contribution in [2.75, 3.05) is 6.61 Å². The number of hydrogen-bond donors (Lipinski definition) is 0. The first-order chi connectivity index (χ1) is 6.20. The van der Waals surface area contributed by atoms with Gasteiger partial charge < -0.3 is 4.74 Å². The van der Waals surface area contributed by atoms with Crippen molar-refractivity contribution >= 4 is 22.6 Å². The van der Waals surface area contributed by atoms with Gasteiger partial charge in [0.05, 0.1) is 6.61 Å². The van der Waals surface area contributed by atoms with Gasteiger partial charge >= 0.3 is 0 Å². The summed E-state index contributed by atoms with van der Waals surface area (Å²) in [6.07, 6.45) is 0. The summed E-state index contributed by atoms with van der Waals surface area (Å²) in [5, 5.41) is 0. The zero-order valence-corrected chi connectivity index (χ0v) is 9.27. The van der Waals surface area contributed by atoms with Crippen molar-refractivity contribution in [3.8, 4) is 5.75 Å². The quantitative estimate of drug-likeness (QED) is 0.614. The lowest BCUT2D eigenvalue weighted by Gasteiger charge is -2.06. The Kier molecular flexibility index (Phi) is 3.90. The van der Waals surface area contributed by atoms with Crippen LogP contribution in [0.25, 0.3) is 0 Å². The average molecular weight is 298 g/mol. The van der Waals surface area contributed by atoms with E-state index in [1.54, 1.807) is 6.92 Å². The van der Waals surface area contributed by atoms with Gasteiger partial charge in [-0.15, -0.1) is 0 Å². The van der Waals surface area contributed by atoms with Crippen LogP contribution in [0.4, 0.5) is 8.78 Å². The number of rotatable bonds is 3. The van der Waals surface area contributed by atoms with Crippen molar-refractivity contribution in [3.63, 3.8) is 0 Å². The first-order valence-corrected chi connectivity index (χ1v) is 5.38. The van der Waals surface area contributed by atoms with Crippen LogP contribution in [-0.2, 0) is 4.43 Å². The molecule has 0 aromatic heterocycles. The fraction of sp³-hybridized carbons (Fsp3) is 0.333. The summed E-state index contributed by atoms with van der Waals surface area (Å²) in [4.78, 5) is 0. The Morgan fingerprint density at radius 1 is 1.31 bits per heavy atom. The summed E-state index contributed by atoms with van der Waals surface area (Å²) in [5.41, 5.74) is 0.363. The molecule has 0 atom stereocenters. The third kappa shape index (κ3) is 2.30. The maximum Gasteiger partial charge on any atom is 0.200 e. The fourth-order valence-electron chi connectivity index (χ4n) is 0.942. The molecule has 0 bridgehead atoms. The summed E-state index contributed by atoms with van der Waals surface area (Å²) in [6.45, 7) is 2.06. The molecule has 0 saturated carbocycles. The number of hydrogen-bond acceptors (Lipinski definition) is 1. The van der Waals surface area contributed by atoms with Crippen molar-refractivity contribution < 1.29 is 13.5 Å². The van der Waals surface area contributed by atoms with Crippen LogP contribution >= 0.6 is 22.6 Å². The number of alkyl halides is 1. The number of ether oxygens (including phenoxy) is 1. The lowest BCUT2D eigenvalue weighted by atomic mass is 10.2. The monoisotopic (exact) mass is 298 g/mol. The average Bonchev–Trinajstić information content (AvgIpc) is 2.14. The van der Waals surface area contributed by atoms with Gasteiger partial charge in [-0.2, -0.15) is 4.39 Å². The molecule has 0 fully saturated rings. The van der Waals surface area contributed by atoms with E-state index in [0.29, 0.717) is 16.6 Å². The van der Waals surface area contributed by atoms with E-state index in [4.69, 9.17) is 4.74 Å². The van der Waals surface area contributed by atoms with E-state index >= 15 is 0 Å². The van der Waals surface area contributed by atoms with Crippen LogP contribution in [0, 0.1) is 11.6 Å². The van der Waals surface area contributed by atoms with Gasteiger partial charge in [-0.05, 0) is 13.0 Å². The van der Waals surface area contributed by atoms with Gasteiger partial charge in [-0.25, -0.2) is 4.39 Å². The molecule has 0 heterocycles. The van der Waals surface area contributed by atoms with Crippen LogP contribution in [-0.4, -0.2) is 6.61 Å². The molecule has 0 radical (unpaired) electrons. The largest absolute Gasteiger partial charge is 0.491 e. The Bertz CT molecular complexity index is 302. The first-order valence-electron chi connectivity index (χ1n) is 3.86. The Balaban J connectivity index is 3.07. The molecule has 0 amide bonds. The lowest BCUT2D eigenvalue weighted by Crippen LogP contribution is -1.99. The SMILES string of the molecule is CCOc1ccc(CI)c(F)c1F. The van der Waals surface area contributed by atoms with Gasteiger partial charge in [-0.3, -0.25) is 0 Å². The zero-order chi connectivity index (χ0) is 9.84. The second-order valence-electron chi connectivity index (χ2n) is 2.42. The predicted octanol–water partition coefficient (Wildman–Crippen LogP) is 3.30. The van der Waals surface area contributed by atoms with E-state index < -0.39 is 11.6 Å². The summed E-state index contributed by atoms with van der Waals surface area (Å²) in [5.74, 6) is -1.72. The van der Waals surface area contributed by atoms with E-state index in [9.17, 15) is 8.78 Å². The third-order valence-corrected chi connectivity index (χ3v) is 2.39. The summed E-state index contributed by atoms with van der Waals surface area (Å²) in [6, 6.07) is 2.99. The second kappa shape index (κ2) is 4.74. The van der Waals surface area contributed by atoms with Crippen LogP contribution < -0.4 is 4.74 Å². The van der Waals surface area contributed by atoms with Crippen LogP contribution in [0.1, 0.15) is 12.5 Å². The van der Waals surface area contributed by atoms with Crippen molar-refractivity contribution in [1.82, 2.24) is 0 Å². The first kappa shape index (κ1) is 10.7. The molecule has 0 aliphatic carbocycles. The van der Waals surface area contributed by atoms with Crippen molar-refractivity contribution in [3.05, 3.63) is 29.3 Å². The van der Waals surface area contributed by atoms with Gasteiger partial charge in [-0.1, -0.05) is 28.7 Å². The molecular formula is C9H9F2IO. The minimum atomic E-state index is -0.893. The van der Waals surface area contributed by atoms with Crippen LogP contribution in [0.15, 0.2) is 12.1 Å². The van der Waals surface area contributed by atoms with Crippen LogP contribution in [0.2, 0.25) is 0 Å². The predicted molar refractivity (Wildman–Crippen MR) is 55.3 cm³/mol. The van der Waals surface area contributed by atoms with Gasteiger partial charge in [0, 0.05) is 9.99 Å². The molecule has 0 unspecified atom stereocenters. The highest BCUT2D eigenvalue weighted by Crippen LogP contribution is 2.23. The Morgan fingerprint density at radius 3 is 2.54 bits per heavy atom. The Morgan fingerprint density at radius 2 is 2.00 bits per heavy atom. The molecule has 4 heteroatoms. The summed E-state index contributed by atoms with van der Waals surface area (Å²) in [7, 11) is 0. The molecule has 1 aromatic rings. The summed E-state index contributed by atoms with van der Waals surface area (Å²) < 4.78 is 31.6. The Hall–Kier alpha value is -0.390. The molecular weight excluding hydrogens is 289 g/mol. The smallest absolute Gasteiger partial charge is 0.200 e. The standard InChI is InChI=1S/C9H9F2IO/c1-2-13-7-4-3-6(5-12)8(10)9(7)11/h3-4H,2,5H2,1H3. The fourth-order valence-corrected chi connectivity index (χ4v) is 1.53.